The van der Waals surface area contributed by atoms with Crippen LogP contribution in [0.5, 0.6) is 0 Å². The lowest BCUT2D eigenvalue weighted by Gasteiger charge is -2.33. The molecule has 1 aliphatic heterocycles. The van der Waals surface area contributed by atoms with Crippen molar-refractivity contribution in [1.29, 1.82) is 0 Å². The van der Waals surface area contributed by atoms with Gasteiger partial charge in [0, 0.05) is 55.6 Å². The molecule has 1 N–H and O–H groups in total. The fourth-order valence-electron chi connectivity index (χ4n) is 4.02. The first-order chi connectivity index (χ1) is 16.6. The van der Waals surface area contributed by atoms with Gasteiger partial charge in [-0.05, 0) is 26.7 Å². The average Bonchev–Trinajstić information content (AvgIpc) is 3.22. The number of aromatic nitrogens is 2. The second-order valence-electron chi connectivity index (χ2n) is 8.82. The van der Waals surface area contributed by atoms with Crippen molar-refractivity contribution in [3.05, 3.63) is 53.1 Å². The Kier molecular flexibility index (Phi) is 9.06. The summed E-state index contributed by atoms with van der Waals surface area (Å²) in [7, 11) is -0.143. The zero-order valence-corrected chi connectivity index (χ0v) is 20.8. The monoisotopic (exact) mass is 513 g/mol. The number of hydrogen-bond donors (Lipinski definition) is 1. The molecule has 192 valence electrons. The second kappa shape index (κ2) is 11.8. The predicted octanol–water partition coefficient (Wildman–Crippen LogP) is 2.41. The van der Waals surface area contributed by atoms with Crippen LogP contribution in [0, 0.1) is 17.5 Å². The summed E-state index contributed by atoms with van der Waals surface area (Å²) in [6, 6.07) is 0.148. The van der Waals surface area contributed by atoms with E-state index in [1.807, 2.05) is 20.0 Å². The molecule has 2 heterocycles. The number of carbonyl (C=O) groups excluding carboxylic acids is 2. The van der Waals surface area contributed by atoms with Crippen LogP contribution in [-0.2, 0) is 39.9 Å². The third-order valence-electron chi connectivity index (χ3n) is 5.86. The van der Waals surface area contributed by atoms with E-state index in [0.717, 1.165) is 5.56 Å². The van der Waals surface area contributed by atoms with Crippen LogP contribution >= 0.6 is 0 Å². The van der Waals surface area contributed by atoms with Crippen molar-refractivity contribution in [2.75, 3.05) is 13.1 Å². The summed E-state index contributed by atoms with van der Waals surface area (Å²) >= 11 is 0. The Morgan fingerprint density at radius 2 is 1.91 bits per heavy atom. The van der Waals surface area contributed by atoms with Gasteiger partial charge in [0.25, 0.3) is 0 Å². The van der Waals surface area contributed by atoms with Crippen LogP contribution in [0.2, 0.25) is 0 Å². The van der Waals surface area contributed by atoms with Gasteiger partial charge in [-0.15, -0.1) is 0 Å². The minimum absolute atomic E-state index is 0.112. The highest BCUT2D eigenvalue weighted by molar-refractivity contribution is 7.81. The second-order valence-corrected chi connectivity index (χ2v) is 10.2. The number of amides is 2. The Hall–Kier alpha value is -2.73. The van der Waals surface area contributed by atoms with E-state index in [1.54, 1.807) is 22.8 Å². The van der Waals surface area contributed by atoms with Crippen molar-refractivity contribution >= 4 is 22.8 Å². The zero-order chi connectivity index (χ0) is 25.7. The molecule has 1 aromatic carbocycles. The molecule has 12 heteroatoms. The molecule has 1 aliphatic rings. The predicted molar refractivity (Wildman–Crippen MR) is 124 cm³/mol. The van der Waals surface area contributed by atoms with Crippen LogP contribution in [0.1, 0.15) is 44.2 Å². The minimum Gasteiger partial charge on any atom is -0.346 e. The molecule has 3 rings (SSSR count). The molecular weight excluding hydrogens is 483 g/mol. The molecule has 0 saturated carbocycles. The largest absolute Gasteiger partial charge is 0.346 e. The van der Waals surface area contributed by atoms with Gasteiger partial charge in [-0.3, -0.25) is 14.3 Å². The van der Waals surface area contributed by atoms with Crippen LogP contribution in [-0.4, -0.2) is 60.2 Å². The summed E-state index contributed by atoms with van der Waals surface area (Å²) in [6.07, 6.45) is 5.24. The molecule has 0 spiro atoms. The molecule has 8 nitrogen and oxygen atoms in total. The summed E-state index contributed by atoms with van der Waals surface area (Å²) in [5.41, 5.74) is 0.364. The number of benzene rings is 1. The van der Waals surface area contributed by atoms with Gasteiger partial charge < -0.3 is 10.2 Å². The van der Waals surface area contributed by atoms with Gasteiger partial charge in [0.15, 0.2) is 0 Å². The summed E-state index contributed by atoms with van der Waals surface area (Å²) in [5.74, 6) is -4.59. The number of piperidine rings is 1. The fourth-order valence-corrected chi connectivity index (χ4v) is 5.52. The van der Waals surface area contributed by atoms with E-state index in [1.165, 1.54) is 4.31 Å². The summed E-state index contributed by atoms with van der Waals surface area (Å²) < 4.78 is 57.3. The Morgan fingerprint density at radius 3 is 2.51 bits per heavy atom. The highest BCUT2D eigenvalue weighted by atomic mass is 32.2. The Morgan fingerprint density at radius 1 is 1.23 bits per heavy atom. The molecule has 1 aromatic heterocycles. The van der Waals surface area contributed by atoms with E-state index >= 15 is 0 Å². The number of carbonyl (C=O) groups is 2. The highest BCUT2D eigenvalue weighted by Crippen LogP contribution is 2.23. The molecule has 0 bridgehead atoms. The van der Waals surface area contributed by atoms with Crippen molar-refractivity contribution < 1.29 is 27.0 Å². The zero-order valence-electron chi connectivity index (χ0n) is 20.0. The van der Waals surface area contributed by atoms with Gasteiger partial charge in [-0.2, -0.15) is 5.10 Å². The van der Waals surface area contributed by atoms with Crippen molar-refractivity contribution in [2.24, 2.45) is 7.05 Å². The van der Waals surface area contributed by atoms with Crippen molar-refractivity contribution in [1.82, 2.24) is 24.3 Å². The summed E-state index contributed by atoms with van der Waals surface area (Å²) in [5, 5.41) is 6.74. The maximum Gasteiger partial charge on any atom is 0.242 e. The van der Waals surface area contributed by atoms with Crippen LogP contribution < -0.4 is 5.32 Å². The molecule has 2 unspecified atom stereocenters. The van der Waals surface area contributed by atoms with Gasteiger partial charge in [0.2, 0.25) is 11.8 Å². The molecule has 1 fully saturated rings. The minimum atomic E-state index is -1.92. The molecule has 2 aromatic rings. The Bertz CT molecular complexity index is 1070. The van der Waals surface area contributed by atoms with Crippen LogP contribution in [0.15, 0.2) is 24.5 Å². The molecular formula is C23H30F3N5O3S. The molecule has 2 amide bonds. The number of aryl methyl sites for hydroxylation is 1. The molecule has 0 aliphatic carbocycles. The van der Waals surface area contributed by atoms with Crippen LogP contribution in [0.25, 0.3) is 0 Å². The first kappa shape index (κ1) is 26.9. The highest BCUT2D eigenvalue weighted by Gasteiger charge is 2.33. The summed E-state index contributed by atoms with van der Waals surface area (Å²) in [4.78, 5) is 27.4. The lowest BCUT2D eigenvalue weighted by molar-refractivity contribution is -0.135. The van der Waals surface area contributed by atoms with Gasteiger partial charge in [0.1, 0.15) is 23.5 Å². The summed E-state index contributed by atoms with van der Waals surface area (Å²) in [6.45, 7) is 4.14. The van der Waals surface area contributed by atoms with Gasteiger partial charge in [0.05, 0.1) is 29.5 Å². The number of halogens is 3. The van der Waals surface area contributed by atoms with Gasteiger partial charge in [-0.25, -0.2) is 21.7 Å². The number of rotatable bonds is 9. The van der Waals surface area contributed by atoms with Crippen LogP contribution in [0.4, 0.5) is 13.2 Å². The number of hydrogen-bond acceptors (Lipinski definition) is 4. The molecule has 0 radical (unpaired) electrons. The molecule has 2 atom stereocenters. The quantitative estimate of drug-likeness (QED) is 0.558. The normalized spacial score (nSPS) is 17.4. The molecule has 35 heavy (non-hydrogen) atoms. The van der Waals surface area contributed by atoms with Gasteiger partial charge >= 0.3 is 0 Å². The first-order valence-corrected chi connectivity index (χ1v) is 12.7. The van der Waals surface area contributed by atoms with Crippen LogP contribution in [0.3, 0.4) is 0 Å². The topological polar surface area (TPSA) is 87.5 Å². The smallest absolute Gasteiger partial charge is 0.242 e. The van der Waals surface area contributed by atoms with Crippen molar-refractivity contribution in [3.8, 4) is 0 Å². The lowest BCUT2D eigenvalue weighted by atomic mass is 10.0. The fraction of sp³-hybridized carbons (Fsp3) is 0.522. The Labute approximate surface area is 205 Å². The van der Waals surface area contributed by atoms with Crippen molar-refractivity contribution in [2.45, 2.75) is 57.5 Å². The standard InChI is InChI=1S/C23H30F3N5O3S/c1-15(2)30(13-16-10-28-29(3)12-16)22(32)11-27-23(33)21-6-4-5-7-31(21)35(34)14-18-19(25)8-17(24)9-20(18)26/h8-10,12,15,21H,4-7,11,13-14H2,1-3H3,(H,27,33). The number of nitrogens with one attached hydrogen (secondary N) is 1. The molecule has 1 saturated heterocycles. The van der Waals surface area contributed by atoms with E-state index in [0.29, 0.717) is 44.5 Å². The van der Waals surface area contributed by atoms with E-state index in [-0.39, 0.29) is 18.5 Å². The average molecular weight is 514 g/mol. The van der Waals surface area contributed by atoms with E-state index in [2.05, 4.69) is 10.4 Å². The first-order valence-electron chi connectivity index (χ1n) is 11.4. The third-order valence-corrected chi connectivity index (χ3v) is 7.36. The van der Waals surface area contributed by atoms with Gasteiger partial charge in [-0.1, -0.05) is 6.42 Å². The van der Waals surface area contributed by atoms with E-state index in [9.17, 15) is 27.0 Å². The maximum atomic E-state index is 14.0. The third kappa shape index (κ3) is 6.91. The van der Waals surface area contributed by atoms with E-state index < -0.39 is 51.7 Å². The van der Waals surface area contributed by atoms with E-state index in [4.69, 9.17) is 0 Å². The number of nitrogens with zero attached hydrogens (tertiary/aromatic N) is 4. The van der Waals surface area contributed by atoms with Crippen molar-refractivity contribution in [3.63, 3.8) is 0 Å². The maximum absolute atomic E-state index is 14.0. The SMILES string of the molecule is CC(C)N(Cc1cnn(C)c1)C(=O)CNC(=O)C1CCCCN1S(=O)Cc1c(F)cc(F)cc1F. The lowest BCUT2D eigenvalue weighted by Crippen LogP contribution is -2.52. The Balaban J connectivity index is 1.63.